The molecule has 0 aliphatic rings. The van der Waals surface area contributed by atoms with Gasteiger partial charge in [0.05, 0.1) is 0 Å². The molecule has 0 saturated heterocycles. The molecule has 0 aromatic heterocycles. The van der Waals surface area contributed by atoms with Crippen molar-refractivity contribution < 1.29 is 39.3 Å². The van der Waals surface area contributed by atoms with E-state index < -0.39 is 27.7 Å². The van der Waals surface area contributed by atoms with Crippen molar-refractivity contribution in [1.82, 2.24) is 0 Å². The Kier molecular flexibility index (Phi) is 5.50. The van der Waals surface area contributed by atoms with Crippen molar-refractivity contribution >= 4 is 39.7 Å². The van der Waals surface area contributed by atoms with Crippen LogP contribution in [0.1, 0.15) is 0 Å². The molecule has 1 radical (unpaired) electrons. The SMILES string of the molecule is O=S(=O)(O)C(F)(F)C(F)C(F)(F)F.[Na]. The zero-order valence-electron chi connectivity index (χ0n) is 6.52. The van der Waals surface area contributed by atoms with Gasteiger partial charge in [-0.05, 0) is 0 Å². The Morgan fingerprint density at radius 2 is 1.36 bits per heavy atom. The molecule has 3 nitrogen and oxygen atoms in total. The third kappa shape index (κ3) is 3.57. The molecule has 0 aliphatic carbocycles. The number of alkyl halides is 6. The predicted molar refractivity (Wildman–Crippen MR) is 33.2 cm³/mol. The first kappa shape index (κ1) is 16.9. The molecule has 1 atom stereocenters. The molecule has 0 fully saturated rings. The van der Waals surface area contributed by atoms with E-state index in [-0.39, 0.29) is 29.6 Å². The van der Waals surface area contributed by atoms with Crippen LogP contribution in [-0.4, -0.2) is 60.1 Å². The maximum absolute atomic E-state index is 11.9. The summed E-state index contributed by atoms with van der Waals surface area (Å²) in [7, 11) is -6.41. The fourth-order valence-electron chi connectivity index (χ4n) is 0.321. The van der Waals surface area contributed by atoms with Crippen LogP contribution in [0, 0.1) is 0 Å². The normalized spacial score (nSPS) is 15.9. The third-order valence-corrected chi connectivity index (χ3v) is 1.82. The first-order valence-corrected chi connectivity index (χ1v) is 3.90. The Morgan fingerprint density at radius 1 is 1.07 bits per heavy atom. The summed E-state index contributed by atoms with van der Waals surface area (Å²) < 4.78 is 96.1. The summed E-state index contributed by atoms with van der Waals surface area (Å²) in [4.78, 5) is 0. The van der Waals surface area contributed by atoms with E-state index in [0.29, 0.717) is 0 Å². The number of rotatable bonds is 2. The molecule has 0 aliphatic heterocycles. The van der Waals surface area contributed by atoms with Crippen LogP contribution in [0.2, 0.25) is 0 Å². The van der Waals surface area contributed by atoms with Gasteiger partial charge in [0, 0.05) is 29.6 Å². The van der Waals surface area contributed by atoms with E-state index >= 15 is 0 Å². The van der Waals surface area contributed by atoms with Crippen molar-refractivity contribution in [2.45, 2.75) is 17.6 Å². The average Bonchev–Trinajstić information content (AvgIpc) is 1.81. The van der Waals surface area contributed by atoms with Gasteiger partial charge >= 0.3 is 21.5 Å². The van der Waals surface area contributed by atoms with Crippen LogP contribution in [0.15, 0.2) is 0 Å². The molecule has 0 aromatic carbocycles. The first-order valence-electron chi connectivity index (χ1n) is 2.46. The summed E-state index contributed by atoms with van der Waals surface area (Å²) in [6.07, 6.45) is -11.0. The third-order valence-electron chi connectivity index (χ3n) is 0.926. The van der Waals surface area contributed by atoms with Crippen LogP contribution in [0.25, 0.3) is 0 Å². The van der Waals surface area contributed by atoms with Crippen LogP contribution in [0.4, 0.5) is 26.3 Å². The monoisotopic (exact) mass is 255 g/mol. The summed E-state index contributed by atoms with van der Waals surface area (Å²) in [5.74, 6) is 0. The largest absolute Gasteiger partial charge is 0.426 e. The van der Waals surface area contributed by atoms with Crippen LogP contribution in [0.5, 0.6) is 0 Å². The minimum atomic E-state index is -6.41. The molecule has 0 amide bonds. The minimum absolute atomic E-state index is 0. The molecule has 81 valence electrons. The van der Waals surface area contributed by atoms with Crippen LogP contribution in [0.3, 0.4) is 0 Å². The fourth-order valence-corrected chi connectivity index (χ4v) is 0.716. The second kappa shape index (κ2) is 4.56. The molecule has 1 N–H and O–H groups in total. The summed E-state index contributed by atoms with van der Waals surface area (Å²) in [5.41, 5.74) is 0. The van der Waals surface area contributed by atoms with Crippen LogP contribution < -0.4 is 0 Å². The molecule has 0 saturated carbocycles. The molecule has 0 heterocycles. The van der Waals surface area contributed by atoms with Crippen molar-refractivity contribution in [2.75, 3.05) is 0 Å². The van der Waals surface area contributed by atoms with E-state index in [1.54, 1.807) is 0 Å². The summed E-state index contributed by atoms with van der Waals surface area (Å²) >= 11 is 0. The van der Waals surface area contributed by atoms with Crippen LogP contribution in [-0.2, 0) is 10.1 Å². The van der Waals surface area contributed by atoms with Crippen molar-refractivity contribution in [1.29, 1.82) is 0 Å². The Labute approximate surface area is 96.5 Å². The van der Waals surface area contributed by atoms with Gasteiger partial charge in [-0.3, -0.25) is 4.55 Å². The van der Waals surface area contributed by atoms with E-state index in [0.717, 1.165) is 0 Å². The van der Waals surface area contributed by atoms with Gasteiger partial charge < -0.3 is 0 Å². The van der Waals surface area contributed by atoms with E-state index in [4.69, 9.17) is 4.55 Å². The fraction of sp³-hybridized carbons (Fsp3) is 1.00. The number of halogens is 6. The molecule has 1 unspecified atom stereocenters. The molecule has 14 heavy (non-hydrogen) atoms. The van der Waals surface area contributed by atoms with Gasteiger partial charge in [-0.2, -0.15) is 30.4 Å². The van der Waals surface area contributed by atoms with Gasteiger partial charge in [0.25, 0.3) is 6.17 Å². The minimum Gasteiger partial charge on any atom is -0.281 e. The predicted octanol–water partition coefficient (Wildman–Crippen LogP) is 0.987. The number of hydrogen-bond acceptors (Lipinski definition) is 2. The zero-order valence-corrected chi connectivity index (χ0v) is 9.33. The van der Waals surface area contributed by atoms with Crippen LogP contribution >= 0.6 is 0 Å². The van der Waals surface area contributed by atoms with Gasteiger partial charge in [-0.25, -0.2) is 4.39 Å². The van der Waals surface area contributed by atoms with Gasteiger partial charge in [-0.1, -0.05) is 0 Å². The maximum Gasteiger partial charge on any atom is 0.426 e. The molecular formula is C3H2F6NaO3S. The molecule has 0 aromatic rings. The van der Waals surface area contributed by atoms with Gasteiger partial charge in [0.2, 0.25) is 0 Å². The summed E-state index contributed by atoms with van der Waals surface area (Å²) in [6.45, 7) is 0. The van der Waals surface area contributed by atoms with Gasteiger partial charge in [-0.15, -0.1) is 0 Å². The van der Waals surface area contributed by atoms with Crippen molar-refractivity contribution in [3.05, 3.63) is 0 Å². The smallest absolute Gasteiger partial charge is 0.281 e. The summed E-state index contributed by atoms with van der Waals surface area (Å²) in [6, 6.07) is 0. The molecule has 0 rings (SSSR count). The van der Waals surface area contributed by atoms with E-state index in [1.165, 1.54) is 0 Å². The standard InChI is InChI=1S/C3H2F6O3S.Na/c4-1(2(5,6)7)3(8,9)13(10,11)12;/h1H,(H,10,11,12);. The van der Waals surface area contributed by atoms with E-state index in [1.807, 2.05) is 0 Å². The molecular weight excluding hydrogens is 253 g/mol. The second-order valence-electron chi connectivity index (χ2n) is 1.94. The van der Waals surface area contributed by atoms with Gasteiger partial charge in [0.15, 0.2) is 0 Å². The average molecular weight is 255 g/mol. The Balaban J connectivity index is 0. The van der Waals surface area contributed by atoms with Crippen molar-refractivity contribution in [3.8, 4) is 0 Å². The van der Waals surface area contributed by atoms with E-state index in [9.17, 15) is 34.8 Å². The Morgan fingerprint density at radius 3 is 1.43 bits per heavy atom. The van der Waals surface area contributed by atoms with Crippen molar-refractivity contribution in [3.63, 3.8) is 0 Å². The quantitative estimate of drug-likeness (QED) is 0.454. The molecule has 0 spiro atoms. The molecule has 11 heteroatoms. The van der Waals surface area contributed by atoms with E-state index in [2.05, 4.69) is 0 Å². The molecule has 0 bridgehead atoms. The summed E-state index contributed by atoms with van der Waals surface area (Å²) in [5, 5.41) is -5.88. The Hall–Kier alpha value is 0.490. The van der Waals surface area contributed by atoms with Crippen molar-refractivity contribution in [2.24, 2.45) is 0 Å². The first-order chi connectivity index (χ1) is 5.40. The topological polar surface area (TPSA) is 54.4 Å². The zero-order chi connectivity index (χ0) is 11.1. The number of hydrogen-bond donors (Lipinski definition) is 1. The Bertz CT molecular complexity index is 283. The second-order valence-corrected chi connectivity index (χ2v) is 3.44. The maximum atomic E-state index is 11.9. The van der Waals surface area contributed by atoms with Gasteiger partial charge in [0.1, 0.15) is 0 Å².